The van der Waals surface area contributed by atoms with E-state index in [-0.39, 0.29) is 29.5 Å². The number of hydrogen-bond acceptors (Lipinski definition) is 5. The number of nitrogens with zero attached hydrogens (tertiary/aromatic N) is 1. The lowest BCUT2D eigenvalue weighted by molar-refractivity contribution is -0.140. The second kappa shape index (κ2) is 10.0. The second-order valence-electron chi connectivity index (χ2n) is 6.78. The van der Waals surface area contributed by atoms with E-state index in [4.69, 9.17) is 32.7 Å². The number of aliphatic hydroxyl groups excluding tert-OH is 1. The number of methoxy groups -OCH3 is 1. The molecule has 1 saturated heterocycles. The number of amides is 1. The first-order chi connectivity index (χ1) is 14.9. The van der Waals surface area contributed by atoms with Gasteiger partial charge in [0, 0.05) is 19.2 Å². The summed E-state index contributed by atoms with van der Waals surface area (Å²) >= 11 is 12.2. The topological polar surface area (TPSA) is 76.1 Å². The van der Waals surface area contributed by atoms with Crippen LogP contribution < -0.4 is 4.74 Å². The molecule has 0 aliphatic carbocycles. The van der Waals surface area contributed by atoms with E-state index < -0.39 is 17.7 Å². The van der Waals surface area contributed by atoms with E-state index in [1.165, 1.54) is 12.0 Å². The molecule has 1 atom stereocenters. The number of halogens is 2. The van der Waals surface area contributed by atoms with Gasteiger partial charge in [-0.25, -0.2) is 0 Å². The van der Waals surface area contributed by atoms with Crippen molar-refractivity contribution >= 4 is 40.7 Å². The molecule has 0 unspecified atom stereocenters. The zero-order valence-corrected chi connectivity index (χ0v) is 18.3. The molecular weight excluding hydrogens is 441 g/mol. The summed E-state index contributed by atoms with van der Waals surface area (Å²) in [5.41, 5.74) is 0.900. The molecule has 31 heavy (non-hydrogen) atoms. The van der Waals surface area contributed by atoms with Crippen molar-refractivity contribution in [1.29, 1.82) is 0 Å². The van der Waals surface area contributed by atoms with Crippen LogP contribution in [0.5, 0.6) is 5.75 Å². The maximum Gasteiger partial charge on any atom is 0.295 e. The number of ketones is 1. The van der Waals surface area contributed by atoms with Crippen LogP contribution in [0.3, 0.4) is 0 Å². The Morgan fingerprint density at radius 2 is 1.87 bits per heavy atom. The van der Waals surface area contributed by atoms with Crippen molar-refractivity contribution < 1.29 is 24.2 Å². The summed E-state index contributed by atoms with van der Waals surface area (Å²) in [6.07, 6.45) is 1.62. The lowest BCUT2D eigenvalue weighted by atomic mass is 9.95. The molecule has 1 aliphatic heterocycles. The minimum Gasteiger partial charge on any atom is -0.507 e. The molecule has 1 heterocycles. The van der Waals surface area contributed by atoms with E-state index in [1.54, 1.807) is 48.5 Å². The summed E-state index contributed by atoms with van der Waals surface area (Å²) in [5, 5.41) is 11.6. The van der Waals surface area contributed by atoms with Crippen LogP contribution in [0.25, 0.3) is 5.76 Å². The average Bonchev–Trinajstić information content (AvgIpc) is 3.02. The van der Waals surface area contributed by atoms with Crippen LogP contribution in [-0.4, -0.2) is 48.6 Å². The summed E-state index contributed by atoms with van der Waals surface area (Å²) in [6, 6.07) is 10.6. The molecule has 1 N–H and O–H groups in total. The number of Topliss-reactive ketones (excluding diaryl/α,β-unsaturated/α-hetero) is 1. The molecule has 162 valence electrons. The Bertz CT molecular complexity index is 1030. The van der Waals surface area contributed by atoms with Crippen molar-refractivity contribution in [2.45, 2.75) is 6.04 Å². The normalized spacial score (nSPS) is 17.8. The lowest BCUT2D eigenvalue weighted by Gasteiger charge is -2.25. The van der Waals surface area contributed by atoms with Gasteiger partial charge < -0.3 is 19.5 Å². The molecule has 0 saturated carbocycles. The standard InChI is InChI=1S/C23H21Cl2NO5/c1-3-11-31-16-7-4-14(5-8-16)21(27)19-20(15-6-9-17(24)18(25)13-15)26(10-12-30-2)23(29)22(19)28/h3-9,13,20,27H,1,10-12H2,2H3/t20-/m0/s1. The highest BCUT2D eigenvalue weighted by atomic mass is 35.5. The summed E-state index contributed by atoms with van der Waals surface area (Å²) in [5.74, 6) is -1.21. The summed E-state index contributed by atoms with van der Waals surface area (Å²) in [6.45, 7) is 4.32. The van der Waals surface area contributed by atoms with Crippen molar-refractivity contribution in [3.05, 3.63) is 81.9 Å². The quantitative estimate of drug-likeness (QED) is 0.268. The van der Waals surface area contributed by atoms with Crippen LogP contribution >= 0.6 is 23.2 Å². The first-order valence-electron chi connectivity index (χ1n) is 9.45. The number of rotatable bonds is 8. The van der Waals surface area contributed by atoms with Gasteiger partial charge in [-0.15, -0.1) is 0 Å². The Balaban J connectivity index is 2.09. The molecule has 1 amide bonds. The van der Waals surface area contributed by atoms with Crippen LogP contribution in [0, 0.1) is 0 Å². The Hall–Kier alpha value is -2.80. The SMILES string of the molecule is C=CCOc1ccc(C(O)=C2C(=O)C(=O)N(CCOC)[C@H]2c2ccc(Cl)c(Cl)c2)cc1. The largest absolute Gasteiger partial charge is 0.507 e. The van der Waals surface area contributed by atoms with E-state index in [9.17, 15) is 14.7 Å². The van der Waals surface area contributed by atoms with Crippen LogP contribution in [0.2, 0.25) is 10.0 Å². The molecule has 1 aliphatic rings. The van der Waals surface area contributed by atoms with E-state index in [2.05, 4.69) is 6.58 Å². The summed E-state index contributed by atoms with van der Waals surface area (Å²) in [7, 11) is 1.50. The highest BCUT2D eigenvalue weighted by Crippen LogP contribution is 2.40. The third kappa shape index (κ3) is 4.77. The summed E-state index contributed by atoms with van der Waals surface area (Å²) < 4.78 is 10.5. The maximum absolute atomic E-state index is 12.9. The fourth-order valence-electron chi connectivity index (χ4n) is 3.35. The monoisotopic (exact) mass is 461 g/mol. The van der Waals surface area contributed by atoms with Crippen LogP contribution in [0.1, 0.15) is 17.2 Å². The van der Waals surface area contributed by atoms with Crippen molar-refractivity contribution in [2.75, 3.05) is 26.9 Å². The Morgan fingerprint density at radius 1 is 1.16 bits per heavy atom. The number of aliphatic hydroxyl groups is 1. The average molecular weight is 462 g/mol. The van der Waals surface area contributed by atoms with Crippen LogP contribution in [0.4, 0.5) is 0 Å². The van der Waals surface area contributed by atoms with Crippen LogP contribution in [0.15, 0.2) is 60.7 Å². The zero-order chi connectivity index (χ0) is 22.5. The first kappa shape index (κ1) is 22.9. The first-order valence-corrected chi connectivity index (χ1v) is 10.2. The van der Waals surface area contributed by atoms with E-state index >= 15 is 0 Å². The predicted octanol–water partition coefficient (Wildman–Crippen LogP) is 4.63. The van der Waals surface area contributed by atoms with Crippen molar-refractivity contribution in [1.82, 2.24) is 4.90 Å². The highest BCUT2D eigenvalue weighted by molar-refractivity contribution is 6.46. The molecule has 6 nitrogen and oxygen atoms in total. The zero-order valence-electron chi connectivity index (χ0n) is 16.8. The van der Waals surface area contributed by atoms with E-state index in [0.29, 0.717) is 28.5 Å². The third-order valence-electron chi connectivity index (χ3n) is 4.83. The number of likely N-dealkylation sites (tertiary alicyclic amines) is 1. The number of benzene rings is 2. The maximum atomic E-state index is 12.9. The fourth-order valence-corrected chi connectivity index (χ4v) is 3.66. The fraction of sp³-hybridized carbons (Fsp3) is 0.217. The second-order valence-corrected chi connectivity index (χ2v) is 7.60. The van der Waals surface area contributed by atoms with Crippen molar-refractivity contribution in [3.63, 3.8) is 0 Å². The smallest absolute Gasteiger partial charge is 0.295 e. The third-order valence-corrected chi connectivity index (χ3v) is 5.57. The molecule has 2 aromatic rings. The van der Waals surface area contributed by atoms with Gasteiger partial charge in [0.25, 0.3) is 11.7 Å². The predicted molar refractivity (Wildman–Crippen MR) is 119 cm³/mol. The van der Waals surface area contributed by atoms with Crippen LogP contribution in [-0.2, 0) is 14.3 Å². The van der Waals surface area contributed by atoms with Gasteiger partial charge in [0.1, 0.15) is 18.1 Å². The van der Waals surface area contributed by atoms with Gasteiger partial charge in [-0.2, -0.15) is 0 Å². The van der Waals surface area contributed by atoms with Crippen molar-refractivity contribution in [3.8, 4) is 5.75 Å². The minimum atomic E-state index is -0.832. The molecule has 0 aromatic heterocycles. The molecule has 1 fully saturated rings. The Morgan fingerprint density at radius 3 is 2.48 bits per heavy atom. The molecule has 2 aromatic carbocycles. The number of ether oxygens (including phenoxy) is 2. The number of carbonyl (C=O) groups excluding carboxylic acids is 2. The molecular formula is C23H21Cl2NO5. The molecule has 0 bridgehead atoms. The minimum absolute atomic E-state index is 0.0285. The van der Waals surface area contributed by atoms with Gasteiger partial charge in [0.15, 0.2) is 0 Å². The Labute approximate surface area is 190 Å². The van der Waals surface area contributed by atoms with E-state index in [1.807, 2.05) is 0 Å². The van der Waals surface area contributed by atoms with Gasteiger partial charge >= 0.3 is 0 Å². The van der Waals surface area contributed by atoms with Crippen molar-refractivity contribution in [2.24, 2.45) is 0 Å². The molecule has 0 spiro atoms. The Kier molecular flexibility index (Phi) is 7.38. The number of hydrogen-bond donors (Lipinski definition) is 1. The number of carbonyl (C=O) groups is 2. The van der Waals surface area contributed by atoms with Gasteiger partial charge in [-0.3, -0.25) is 9.59 Å². The van der Waals surface area contributed by atoms with Gasteiger partial charge in [0.2, 0.25) is 0 Å². The lowest BCUT2D eigenvalue weighted by Crippen LogP contribution is -2.32. The van der Waals surface area contributed by atoms with Gasteiger partial charge in [-0.1, -0.05) is 41.9 Å². The molecule has 8 heteroatoms. The molecule has 3 rings (SSSR count). The van der Waals surface area contributed by atoms with Gasteiger partial charge in [-0.05, 0) is 42.0 Å². The van der Waals surface area contributed by atoms with Gasteiger partial charge in [0.05, 0.1) is 28.3 Å². The van der Waals surface area contributed by atoms with E-state index in [0.717, 1.165) is 0 Å². The molecule has 0 radical (unpaired) electrons. The highest BCUT2D eigenvalue weighted by Gasteiger charge is 2.46. The summed E-state index contributed by atoms with van der Waals surface area (Å²) in [4.78, 5) is 27.0.